The minimum atomic E-state index is -0.802. The van der Waals surface area contributed by atoms with Gasteiger partial charge in [0.2, 0.25) is 5.91 Å². The highest BCUT2D eigenvalue weighted by Crippen LogP contribution is 2.31. The average Bonchev–Trinajstić information content (AvgIpc) is 3.29. The fourth-order valence-electron chi connectivity index (χ4n) is 2.85. The third kappa shape index (κ3) is 2.86. The molecule has 3 rings (SSSR count). The maximum absolute atomic E-state index is 12.3. The molecule has 1 saturated carbocycles. The van der Waals surface area contributed by atoms with Crippen LogP contribution in [0.25, 0.3) is 0 Å². The molecular weight excluding hydrogens is 268 g/mol. The van der Waals surface area contributed by atoms with Crippen molar-refractivity contribution in [2.45, 2.75) is 38.3 Å². The maximum atomic E-state index is 12.3. The number of nitrogens with zero attached hydrogens (tertiary/aromatic N) is 1. The lowest BCUT2D eigenvalue weighted by Gasteiger charge is -2.38. The Kier molecular flexibility index (Phi) is 3.57. The zero-order chi connectivity index (χ0) is 15.0. The predicted molar refractivity (Wildman–Crippen MR) is 79.2 cm³/mol. The summed E-state index contributed by atoms with van der Waals surface area (Å²) in [7, 11) is 0. The number of anilines is 1. The van der Waals surface area contributed by atoms with Crippen molar-refractivity contribution in [1.29, 1.82) is 0 Å². The van der Waals surface area contributed by atoms with Crippen molar-refractivity contribution >= 4 is 17.6 Å². The normalized spacial score (nSPS) is 22.3. The number of para-hydroxylation sites is 1. The second-order valence-electron chi connectivity index (χ2n) is 5.98. The molecule has 112 valence electrons. The standard InChI is InChI=1S/C16H20N2O3/c1-10(15(19)17-13-6-7-13)18-9-12(16(20)21)8-11-4-2-3-5-14(11)18/h2-5,10,12-13H,6-9H2,1H3,(H,17,19)(H,20,21). The number of rotatable bonds is 4. The van der Waals surface area contributed by atoms with E-state index in [1.807, 2.05) is 36.1 Å². The van der Waals surface area contributed by atoms with Crippen LogP contribution in [0.5, 0.6) is 0 Å². The van der Waals surface area contributed by atoms with E-state index in [-0.39, 0.29) is 11.9 Å². The molecule has 1 aromatic rings. The monoisotopic (exact) mass is 288 g/mol. The fourth-order valence-corrected chi connectivity index (χ4v) is 2.85. The second kappa shape index (κ2) is 5.39. The van der Waals surface area contributed by atoms with Crippen LogP contribution in [0.2, 0.25) is 0 Å². The van der Waals surface area contributed by atoms with E-state index >= 15 is 0 Å². The van der Waals surface area contributed by atoms with E-state index in [1.165, 1.54) is 0 Å². The van der Waals surface area contributed by atoms with Crippen LogP contribution >= 0.6 is 0 Å². The summed E-state index contributed by atoms with van der Waals surface area (Å²) in [5.41, 5.74) is 1.98. The van der Waals surface area contributed by atoms with Crippen molar-refractivity contribution in [1.82, 2.24) is 5.32 Å². The first kappa shape index (κ1) is 13.9. The Bertz CT molecular complexity index is 568. The highest BCUT2D eigenvalue weighted by molar-refractivity contribution is 5.86. The zero-order valence-corrected chi connectivity index (χ0v) is 12.1. The van der Waals surface area contributed by atoms with E-state index in [1.54, 1.807) is 0 Å². The summed E-state index contributed by atoms with van der Waals surface area (Å²) in [6.45, 7) is 2.23. The third-order valence-electron chi connectivity index (χ3n) is 4.30. The molecule has 1 amide bonds. The Morgan fingerprint density at radius 2 is 2.05 bits per heavy atom. The molecule has 1 fully saturated rings. The number of carbonyl (C=O) groups excluding carboxylic acids is 1. The number of fused-ring (bicyclic) bond motifs is 1. The molecule has 5 nitrogen and oxygen atoms in total. The molecule has 0 saturated heterocycles. The maximum Gasteiger partial charge on any atom is 0.308 e. The average molecular weight is 288 g/mol. The van der Waals surface area contributed by atoms with Gasteiger partial charge in [-0.15, -0.1) is 0 Å². The van der Waals surface area contributed by atoms with E-state index in [4.69, 9.17) is 0 Å². The zero-order valence-electron chi connectivity index (χ0n) is 12.1. The summed E-state index contributed by atoms with van der Waals surface area (Å²) in [6.07, 6.45) is 2.62. The lowest BCUT2D eigenvalue weighted by atomic mass is 9.91. The van der Waals surface area contributed by atoms with Crippen molar-refractivity contribution in [2.75, 3.05) is 11.4 Å². The first-order valence-corrected chi connectivity index (χ1v) is 7.44. The SMILES string of the molecule is CC(C(=O)NC1CC1)N1CC(C(=O)O)Cc2ccccc21. The Morgan fingerprint density at radius 1 is 1.33 bits per heavy atom. The second-order valence-corrected chi connectivity index (χ2v) is 5.98. The lowest BCUT2D eigenvalue weighted by molar-refractivity contribution is -0.141. The topological polar surface area (TPSA) is 69.6 Å². The molecule has 2 N–H and O–H groups in total. The summed E-state index contributed by atoms with van der Waals surface area (Å²) in [6, 6.07) is 7.72. The van der Waals surface area contributed by atoms with E-state index in [0.717, 1.165) is 24.1 Å². The molecule has 1 aliphatic carbocycles. The molecule has 1 heterocycles. The van der Waals surface area contributed by atoms with Gasteiger partial charge in [-0.25, -0.2) is 0 Å². The minimum Gasteiger partial charge on any atom is -0.481 e. The van der Waals surface area contributed by atoms with Crippen LogP contribution in [-0.4, -0.2) is 35.6 Å². The number of hydrogen-bond acceptors (Lipinski definition) is 3. The largest absolute Gasteiger partial charge is 0.481 e. The summed E-state index contributed by atoms with van der Waals surface area (Å²) in [5, 5.41) is 12.3. The van der Waals surface area contributed by atoms with Crippen molar-refractivity contribution in [3.63, 3.8) is 0 Å². The molecule has 2 unspecified atom stereocenters. The number of carboxylic acid groups (broad SMARTS) is 1. The van der Waals surface area contributed by atoms with E-state index in [2.05, 4.69) is 5.32 Å². The van der Waals surface area contributed by atoms with Crippen LogP contribution in [0.3, 0.4) is 0 Å². The van der Waals surface area contributed by atoms with E-state index in [9.17, 15) is 14.7 Å². The van der Waals surface area contributed by atoms with Crippen molar-refractivity contribution < 1.29 is 14.7 Å². The molecule has 2 atom stereocenters. The van der Waals surface area contributed by atoms with Gasteiger partial charge in [0.15, 0.2) is 0 Å². The Hall–Kier alpha value is -2.04. The summed E-state index contributed by atoms with van der Waals surface area (Å²) in [4.78, 5) is 25.6. The molecule has 0 aromatic heterocycles. The van der Waals surface area contributed by atoms with Gasteiger partial charge in [0.1, 0.15) is 6.04 Å². The Balaban J connectivity index is 1.84. The number of benzene rings is 1. The summed E-state index contributed by atoms with van der Waals surface area (Å²) in [5.74, 6) is -1.28. The molecule has 1 aromatic carbocycles. The lowest BCUT2D eigenvalue weighted by Crippen LogP contribution is -2.50. The summed E-state index contributed by atoms with van der Waals surface area (Å²) >= 11 is 0. The number of amides is 1. The highest BCUT2D eigenvalue weighted by atomic mass is 16.4. The van der Waals surface area contributed by atoms with Crippen LogP contribution in [0.4, 0.5) is 5.69 Å². The molecule has 2 aliphatic rings. The van der Waals surface area contributed by atoms with Crippen LogP contribution < -0.4 is 10.2 Å². The molecule has 5 heteroatoms. The smallest absolute Gasteiger partial charge is 0.308 e. The van der Waals surface area contributed by atoms with Gasteiger partial charge in [0, 0.05) is 18.3 Å². The molecule has 0 radical (unpaired) electrons. The number of carbonyl (C=O) groups is 2. The Labute approximate surface area is 123 Å². The predicted octanol–water partition coefficient (Wildman–Crippen LogP) is 1.42. The van der Waals surface area contributed by atoms with Crippen LogP contribution in [0, 0.1) is 5.92 Å². The quantitative estimate of drug-likeness (QED) is 0.879. The Morgan fingerprint density at radius 3 is 2.71 bits per heavy atom. The third-order valence-corrected chi connectivity index (χ3v) is 4.30. The van der Waals surface area contributed by atoms with Gasteiger partial charge in [-0.2, -0.15) is 0 Å². The van der Waals surface area contributed by atoms with E-state index in [0.29, 0.717) is 19.0 Å². The van der Waals surface area contributed by atoms with Gasteiger partial charge in [0.05, 0.1) is 5.92 Å². The van der Waals surface area contributed by atoms with Gasteiger partial charge < -0.3 is 15.3 Å². The molecular formula is C16H20N2O3. The first-order valence-electron chi connectivity index (χ1n) is 7.44. The molecule has 1 aliphatic heterocycles. The van der Waals surface area contributed by atoms with Crippen molar-refractivity contribution in [3.8, 4) is 0 Å². The number of nitrogens with one attached hydrogen (secondary N) is 1. The first-order chi connectivity index (χ1) is 10.1. The van der Waals surface area contributed by atoms with Crippen LogP contribution in [0.15, 0.2) is 24.3 Å². The fraction of sp³-hybridized carbons (Fsp3) is 0.500. The van der Waals surface area contributed by atoms with Crippen molar-refractivity contribution in [2.24, 2.45) is 5.92 Å². The molecule has 21 heavy (non-hydrogen) atoms. The van der Waals surface area contributed by atoms with Crippen LogP contribution in [-0.2, 0) is 16.0 Å². The molecule has 0 bridgehead atoms. The van der Waals surface area contributed by atoms with E-state index < -0.39 is 11.9 Å². The number of aliphatic carboxylic acids is 1. The van der Waals surface area contributed by atoms with Crippen LogP contribution in [0.1, 0.15) is 25.3 Å². The minimum absolute atomic E-state index is 0.0154. The van der Waals surface area contributed by atoms with Gasteiger partial charge in [-0.05, 0) is 37.8 Å². The number of hydrogen-bond donors (Lipinski definition) is 2. The van der Waals surface area contributed by atoms with Crippen molar-refractivity contribution in [3.05, 3.63) is 29.8 Å². The van der Waals surface area contributed by atoms with Gasteiger partial charge >= 0.3 is 5.97 Å². The highest BCUT2D eigenvalue weighted by Gasteiger charge is 2.35. The van der Waals surface area contributed by atoms with Gasteiger partial charge in [0.25, 0.3) is 0 Å². The molecule has 0 spiro atoms. The summed E-state index contributed by atoms with van der Waals surface area (Å²) < 4.78 is 0. The van der Waals surface area contributed by atoms with Gasteiger partial charge in [-0.3, -0.25) is 9.59 Å². The van der Waals surface area contributed by atoms with Gasteiger partial charge in [-0.1, -0.05) is 18.2 Å². The number of carboxylic acids is 1.